The average Bonchev–Trinajstić information content (AvgIpc) is 2.96. The van der Waals surface area contributed by atoms with Gasteiger partial charge in [-0.1, -0.05) is 31.9 Å². The third-order valence-electron chi connectivity index (χ3n) is 8.40. The molecule has 0 atom stereocenters. The maximum Gasteiger partial charge on any atom is 0.460 e. The smallest absolute Gasteiger partial charge is 0.302 e. The molecule has 0 saturated heterocycles. The largest absolute Gasteiger partial charge is 0.460 e. The van der Waals surface area contributed by atoms with Gasteiger partial charge in [-0.25, -0.2) is 4.39 Å². The number of carbonyl (C=O) groups excluding carboxylic acids is 1. The Morgan fingerprint density at radius 3 is 1.44 bits per heavy atom. The number of aryl methyl sites for hydroxylation is 1. The van der Waals surface area contributed by atoms with Crippen LogP contribution in [0.5, 0.6) is 0 Å². The van der Waals surface area contributed by atoms with Crippen LogP contribution in [0.2, 0.25) is 0 Å². The summed E-state index contributed by atoms with van der Waals surface area (Å²) in [5.41, 5.74) is -2.18. The van der Waals surface area contributed by atoms with Crippen LogP contribution in [0.1, 0.15) is 63.0 Å². The summed E-state index contributed by atoms with van der Waals surface area (Å²) >= 11 is 0. The number of hydrogen-bond acceptors (Lipinski definition) is 1. The molecule has 1 saturated carbocycles. The van der Waals surface area contributed by atoms with Crippen LogP contribution in [-0.4, -0.2) is 59.8 Å². The van der Waals surface area contributed by atoms with E-state index in [1.807, 2.05) is 6.92 Å². The number of halogens is 20. The predicted molar refractivity (Wildman–Crippen MR) is 125 cm³/mol. The summed E-state index contributed by atoms with van der Waals surface area (Å²) in [6.07, 6.45) is -10.8. The van der Waals surface area contributed by atoms with E-state index >= 15 is 0 Å². The van der Waals surface area contributed by atoms with Crippen molar-refractivity contribution in [1.82, 2.24) is 0 Å². The van der Waals surface area contributed by atoms with Gasteiger partial charge in [-0.2, -0.15) is 83.4 Å². The summed E-state index contributed by atoms with van der Waals surface area (Å²) < 4.78 is 275. The number of unbranched alkanes of at least 4 members (excludes halogenated alkanes) is 2. The monoisotopic (exact) mass is 744 g/mol. The molecule has 1 fully saturated rings. The van der Waals surface area contributed by atoms with Gasteiger partial charge in [0.05, 0.1) is 5.41 Å². The Balaban J connectivity index is 2.46. The molecule has 0 aromatic heterocycles. The highest BCUT2D eigenvalue weighted by Crippen LogP contribution is 2.66. The van der Waals surface area contributed by atoms with Gasteiger partial charge in [-0.05, 0) is 50.2 Å². The first-order valence-corrected chi connectivity index (χ1v) is 13.7. The van der Waals surface area contributed by atoms with E-state index in [2.05, 4.69) is 0 Å². The van der Waals surface area contributed by atoms with E-state index in [1.165, 1.54) is 6.07 Å². The van der Waals surface area contributed by atoms with E-state index in [9.17, 15) is 92.6 Å². The molecule has 2 rings (SSSR count). The van der Waals surface area contributed by atoms with Crippen LogP contribution < -0.4 is 0 Å². The van der Waals surface area contributed by atoms with Crippen molar-refractivity contribution in [2.24, 2.45) is 5.92 Å². The highest BCUT2D eigenvalue weighted by Gasteiger charge is 2.96. The van der Waals surface area contributed by atoms with Gasteiger partial charge in [-0.15, -0.1) is 0 Å². The summed E-state index contributed by atoms with van der Waals surface area (Å²) in [5, 5.41) is 0. The molecule has 0 radical (unpaired) electrons. The summed E-state index contributed by atoms with van der Waals surface area (Å²) in [6.45, 7) is 1.86. The van der Waals surface area contributed by atoms with Crippen molar-refractivity contribution in [3.8, 4) is 0 Å². The molecule has 0 bridgehead atoms. The average molecular weight is 744 g/mol. The van der Waals surface area contributed by atoms with Gasteiger partial charge in [0.2, 0.25) is 0 Å². The lowest BCUT2D eigenvalue weighted by Gasteiger charge is -2.46. The summed E-state index contributed by atoms with van der Waals surface area (Å²) in [6, 6.07) is 3.31. The second kappa shape index (κ2) is 12.7. The molecule has 1 aromatic rings. The number of benzene rings is 1. The predicted octanol–water partition coefficient (Wildman–Crippen LogP) is 10.8. The summed E-state index contributed by atoms with van der Waals surface area (Å²) in [7, 11) is 0. The Hall–Kier alpha value is -2.51. The fourth-order valence-corrected chi connectivity index (χ4v) is 5.27. The van der Waals surface area contributed by atoms with E-state index in [-0.39, 0.29) is 6.29 Å². The molecule has 0 unspecified atom stereocenters. The third kappa shape index (κ3) is 5.99. The Kier molecular flexibility index (Phi) is 11.0. The zero-order chi connectivity index (χ0) is 37.8. The second-order valence-corrected chi connectivity index (χ2v) is 11.5. The van der Waals surface area contributed by atoms with Gasteiger partial charge in [0.15, 0.2) is 0 Å². The molecule has 48 heavy (non-hydrogen) atoms. The third-order valence-corrected chi connectivity index (χ3v) is 8.40. The van der Waals surface area contributed by atoms with Crippen molar-refractivity contribution in [3.63, 3.8) is 0 Å². The van der Waals surface area contributed by atoms with Crippen molar-refractivity contribution in [2.75, 3.05) is 0 Å². The molecule has 0 spiro atoms. The van der Waals surface area contributed by atoms with E-state index in [0.29, 0.717) is 18.4 Å². The highest BCUT2D eigenvalue weighted by atomic mass is 19.4. The van der Waals surface area contributed by atoms with E-state index in [1.54, 1.807) is 0 Å². The van der Waals surface area contributed by atoms with Crippen molar-refractivity contribution in [2.45, 2.75) is 117 Å². The molecule has 0 heterocycles. The van der Waals surface area contributed by atoms with Crippen LogP contribution in [0, 0.1) is 11.7 Å². The standard InChI is InChI=1S/C27H24F20O/c1-2-3-4-5-14-6-7-16(17(28)12-14)18(13-48)10-8-15(9-11-18)19(29,30)20(31,32)21(33,34)22(35,36)23(37,38)24(39,40)25(41,42)26(43,44)27(45,46)47/h6-7,12-13,15H,2-5,8-11H2,1H3. The molecule has 1 nitrogen and oxygen atoms in total. The van der Waals surface area contributed by atoms with Crippen molar-refractivity contribution >= 4 is 6.29 Å². The first kappa shape index (κ1) is 41.7. The Bertz CT molecular complexity index is 1290. The number of rotatable bonds is 14. The fraction of sp³-hybridized carbons (Fsp3) is 0.741. The fourth-order valence-electron chi connectivity index (χ4n) is 5.27. The van der Waals surface area contributed by atoms with Crippen molar-refractivity contribution in [3.05, 3.63) is 35.1 Å². The highest BCUT2D eigenvalue weighted by molar-refractivity contribution is 5.69. The normalized spacial score (nSPS) is 21.4. The summed E-state index contributed by atoms with van der Waals surface area (Å²) in [4.78, 5) is 11.9. The zero-order valence-corrected chi connectivity index (χ0v) is 24.0. The molecule has 1 aliphatic carbocycles. The lowest BCUT2D eigenvalue weighted by molar-refractivity contribution is -0.470. The SMILES string of the molecule is CCCCCc1ccc(C2(C=O)CCC(C(F)(F)C(F)(F)C(F)(F)C(F)(F)C(F)(F)C(F)(F)C(F)(F)C(F)(F)C(F)(F)F)CC2)c(F)c1. The first-order valence-electron chi connectivity index (χ1n) is 13.7. The van der Waals surface area contributed by atoms with Crippen LogP contribution in [0.15, 0.2) is 18.2 Å². The number of carbonyl (C=O) groups is 1. The molecule has 1 aromatic carbocycles. The van der Waals surface area contributed by atoms with Crippen LogP contribution >= 0.6 is 0 Å². The Labute approximate surface area is 258 Å². The minimum absolute atomic E-state index is 0.0169. The number of aldehydes is 1. The minimum atomic E-state index is -8.99. The second-order valence-electron chi connectivity index (χ2n) is 11.5. The maximum atomic E-state index is 14.9. The van der Waals surface area contributed by atoms with Gasteiger partial charge in [0.1, 0.15) is 12.1 Å². The van der Waals surface area contributed by atoms with Crippen LogP contribution in [-0.2, 0) is 16.6 Å². The molecule has 0 amide bonds. The Morgan fingerprint density at radius 1 is 0.646 bits per heavy atom. The van der Waals surface area contributed by atoms with Gasteiger partial charge >= 0.3 is 53.6 Å². The van der Waals surface area contributed by atoms with E-state index in [0.717, 1.165) is 25.0 Å². The molecule has 1 aliphatic rings. The lowest BCUT2D eigenvalue weighted by Crippen LogP contribution is -2.76. The van der Waals surface area contributed by atoms with Gasteiger partial charge in [0, 0.05) is 11.5 Å². The van der Waals surface area contributed by atoms with Crippen molar-refractivity contribution in [1.29, 1.82) is 0 Å². The van der Waals surface area contributed by atoms with Gasteiger partial charge in [0.25, 0.3) is 0 Å². The molecular weight excluding hydrogens is 720 g/mol. The van der Waals surface area contributed by atoms with Crippen LogP contribution in [0.25, 0.3) is 0 Å². The van der Waals surface area contributed by atoms with Crippen LogP contribution in [0.4, 0.5) is 87.8 Å². The van der Waals surface area contributed by atoms with Gasteiger partial charge in [-0.3, -0.25) is 0 Å². The minimum Gasteiger partial charge on any atom is -0.302 e. The zero-order valence-electron chi connectivity index (χ0n) is 24.0. The molecular formula is C27H24F20O. The van der Waals surface area contributed by atoms with Gasteiger partial charge < -0.3 is 4.79 Å². The molecule has 278 valence electrons. The topological polar surface area (TPSA) is 17.1 Å². The van der Waals surface area contributed by atoms with Crippen LogP contribution in [0.3, 0.4) is 0 Å². The maximum absolute atomic E-state index is 14.9. The van der Waals surface area contributed by atoms with Crippen molar-refractivity contribution < 1.29 is 92.6 Å². The lowest BCUT2D eigenvalue weighted by atomic mass is 9.65. The Morgan fingerprint density at radius 2 is 1.06 bits per heavy atom. The van der Waals surface area contributed by atoms with E-state index < -0.39 is 102 Å². The number of hydrogen-bond donors (Lipinski definition) is 0. The first-order chi connectivity index (χ1) is 21.3. The molecule has 0 aliphatic heterocycles. The summed E-state index contributed by atoms with van der Waals surface area (Å²) in [5.74, 6) is -71.5. The molecule has 0 N–H and O–H groups in total. The molecule has 21 heteroatoms. The number of alkyl halides is 19. The quantitative estimate of drug-likeness (QED) is 0.105. The van der Waals surface area contributed by atoms with E-state index in [4.69, 9.17) is 0 Å².